The van der Waals surface area contributed by atoms with Gasteiger partial charge in [-0.15, -0.1) is 0 Å². The van der Waals surface area contributed by atoms with Crippen molar-refractivity contribution in [1.29, 1.82) is 0 Å². The summed E-state index contributed by atoms with van der Waals surface area (Å²) in [4.78, 5) is 15.2. The van der Waals surface area contributed by atoms with Gasteiger partial charge in [0.05, 0.1) is 4.51 Å². The topological polar surface area (TPSA) is 39.4 Å². The molecule has 3 nitrogen and oxygen atoms in total. The molecule has 0 spiro atoms. The smallest absolute Gasteiger partial charge is 0.313 e. The van der Waals surface area contributed by atoms with E-state index in [1.54, 1.807) is 0 Å². The van der Waals surface area contributed by atoms with Crippen LogP contribution in [-0.4, -0.2) is 5.97 Å². The number of benzene rings is 4. The van der Waals surface area contributed by atoms with E-state index in [0.717, 1.165) is 35.6 Å². The van der Waals surface area contributed by atoms with E-state index in [0.29, 0.717) is 5.58 Å². The number of fused-ring (bicyclic) bond motifs is 2. The van der Waals surface area contributed by atoms with E-state index in [-0.39, 0.29) is 5.97 Å². The first-order valence-corrected chi connectivity index (χ1v) is 12.2. The van der Waals surface area contributed by atoms with Crippen molar-refractivity contribution in [1.82, 2.24) is 0 Å². The highest BCUT2D eigenvalue weighted by Gasteiger charge is 2.35. The minimum Gasteiger partial charge on any atom is -0.456 e. The van der Waals surface area contributed by atoms with Gasteiger partial charge in [0.25, 0.3) is 0 Å². The van der Waals surface area contributed by atoms with Crippen LogP contribution < -0.4 is 0 Å². The Morgan fingerprint density at radius 3 is 1.91 bits per heavy atom. The van der Waals surface area contributed by atoms with Gasteiger partial charge in [0.15, 0.2) is 0 Å². The summed E-state index contributed by atoms with van der Waals surface area (Å²) in [5.74, 6) is -0.338. The summed E-state index contributed by atoms with van der Waals surface area (Å²) < 4.78 is 13.1. The van der Waals surface area contributed by atoms with Crippen molar-refractivity contribution in [3.05, 3.63) is 108 Å². The normalized spacial score (nSPS) is 12.0. The average Bonchev–Trinajstić information content (AvgIpc) is 2.83. The SMILES string of the molecule is CC(=O)OS(c1ccccc1)(c1ccccc1)c1ccc2oc3ccccc3c(=S)c2c1. The van der Waals surface area contributed by atoms with Gasteiger partial charge < -0.3 is 8.60 Å². The number of carbonyl (C=O) groups excluding carboxylic acids is 1. The molecule has 0 saturated carbocycles. The molecule has 0 N–H and O–H groups in total. The van der Waals surface area contributed by atoms with Crippen LogP contribution in [0, 0.1) is 4.51 Å². The predicted molar refractivity (Wildman–Crippen MR) is 132 cm³/mol. The van der Waals surface area contributed by atoms with Crippen LogP contribution in [0.1, 0.15) is 6.92 Å². The van der Waals surface area contributed by atoms with Crippen LogP contribution in [0.25, 0.3) is 21.9 Å². The van der Waals surface area contributed by atoms with Gasteiger partial charge >= 0.3 is 5.97 Å². The Balaban J connectivity index is 1.87. The van der Waals surface area contributed by atoms with Crippen molar-refractivity contribution in [2.75, 3.05) is 0 Å². The lowest BCUT2D eigenvalue weighted by atomic mass is 10.1. The summed E-state index contributed by atoms with van der Waals surface area (Å²) in [6.07, 6.45) is 0. The fraction of sp³-hybridized carbons (Fsp3) is 0.0370. The van der Waals surface area contributed by atoms with Gasteiger partial charge in [-0.25, -0.2) is 0 Å². The van der Waals surface area contributed by atoms with E-state index in [1.807, 2.05) is 103 Å². The van der Waals surface area contributed by atoms with E-state index < -0.39 is 10.3 Å². The summed E-state index contributed by atoms with van der Waals surface area (Å²) in [6, 6.07) is 33.5. The van der Waals surface area contributed by atoms with Crippen molar-refractivity contribution in [2.24, 2.45) is 0 Å². The van der Waals surface area contributed by atoms with Gasteiger partial charge in [-0.3, -0.25) is 4.79 Å². The molecule has 0 aliphatic rings. The first-order chi connectivity index (χ1) is 15.6. The lowest BCUT2D eigenvalue weighted by molar-refractivity contribution is -0.131. The number of para-hydroxylation sites is 1. The summed E-state index contributed by atoms with van der Waals surface area (Å²) in [5.41, 5.74) is 1.46. The largest absolute Gasteiger partial charge is 0.456 e. The molecule has 5 rings (SSSR count). The number of hydrogen-bond donors (Lipinski definition) is 0. The molecule has 0 unspecified atom stereocenters. The molecule has 0 aliphatic carbocycles. The predicted octanol–water partition coefficient (Wildman–Crippen LogP) is 8.08. The minimum atomic E-state index is -2.33. The van der Waals surface area contributed by atoms with Crippen molar-refractivity contribution in [3.8, 4) is 0 Å². The molecule has 4 aromatic carbocycles. The molecule has 0 amide bonds. The molecule has 5 aromatic rings. The van der Waals surface area contributed by atoms with Gasteiger partial charge in [0.1, 0.15) is 11.2 Å². The van der Waals surface area contributed by atoms with Gasteiger partial charge in [-0.1, -0.05) is 60.7 Å². The number of hydrogen-bond acceptors (Lipinski definition) is 4. The summed E-state index contributed by atoms with van der Waals surface area (Å²) in [6.45, 7) is 1.45. The van der Waals surface area contributed by atoms with Crippen LogP contribution in [0.4, 0.5) is 0 Å². The van der Waals surface area contributed by atoms with E-state index in [9.17, 15) is 4.79 Å². The Hall–Kier alpha value is -3.41. The van der Waals surface area contributed by atoms with Crippen LogP contribution in [0.15, 0.2) is 122 Å². The molecule has 158 valence electrons. The van der Waals surface area contributed by atoms with Gasteiger partial charge in [-0.2, -0.15) is 0 Å². The standard InChI is InChI=1S/C27H20O3S2/c1-19(28)30-32(20-10-4-2-5-11-20,21-12-6-3-7-13-21)22-16-17-26-24(18-22)27(31)23-14-8-9-15-25(23)29-26/h2-18H,1H3. The second-order valence-corrected chi connectivity index (χ2v) is 10.4. The molecule has 0 radical (unpaired) electrons. The molecule has 0 bridgehead atoms. The zero-order valence-corrected chi connectivity index (χ0v) is 19.0. The Morgan fingerprint density at radius 2 is 1.28 bits per heavy atom. The van der Waals surface area contributed by atoms with Crippen LogP contribution in [0.3, 0.4) is 0 Å². The second kappa shape index (κ2) is 8.26. The lowest BCUT2D eigenvalue weighted by Gasteiger charge is -2.39. The van der Waals surface area contributed by atoms with Crippen LogP contribution in [0.2, 0.25) is 0 Å². The molecule has 0 aliphatic heterocycles. The molecule has 0 saturated heterocycles. The molecular weight excluding hydrogens is 436 g/mol. The zero-order chi connectivity index (χ0) is 22.1. The maximum atomic E-state index is 12.4. The monoisotopic (exact) mass is 456 g/mol. The first-order valence-electron chi connectivity index (χ1n) is 10.2. The fourth-order valence-corrected chi connectivity index (χ4v) is 7.32. The van der Waals surface area contributed by atoms with Crippen molar-refractivity contribution >= 4 is 50.4 Å². The van der Waals surface area contributed by atoms with E-state index in [4.69, 9.17) is 20.8 Å². The maximum Gasteiger partial charge on any atom is 0.313 e. The van der Waals surface area contributed by atoms with Gasteiger partial charge in [-0.05, 0) is 64.9 Å². The number of carbonyl (C=O) groups is 1. The Labute approximate surface area is 192 Å². The molecule has 1 heterocycles. The van der Waals surface area contributed by atoms with Crippen molar-refractivity contribution in [3.63, 3.8) is 0 Å². The van der Waals surface area contributed by atoms with E-state index in [2.05, 4.69) is 0 Å². The highest BCUT2D eigenvalue weighted by atomic mass is 32.3. The second-order valence-electron chi connectivity index (χ2n) is 7.34. The summed E-state index contributed by atoms with van der Waals surface area (Å²) in [5, 5.41) is 1.71. The molecule has 1 aromatic heterocycles. The van der Waals surface area contributed by atoms with E-state index in [1.165, 1.54) is 6.92 Å². The van der Waals surface area contributed by atoms with Crippen LogP contribution in [0.5, 0.6) is 0 Å². The molecular formula is C27H20O3S2. The third kappa shape index (κ3) is 3.40. The van der Waals surface area contributed by atoms with E-state index >= 15 is 0 Å². The number of rotatable bonds is 4. The third-order valence-electron chi connectivity index (χ3n) is 5.27. The quantitative estimate of drug-likeness (QED) is 0.202. The highest BCUT2D eigenvalue weighted by Crippen LogP contribution is 2.69. The van der Waals surface area contributed by atoms with Gasteiger partial charge in [0.2, 0.25) is 0 Å². The molecule has 0 atom stereocenters. The molecule has 0 fully saturated rings. The summed E-state index contributed by atoms with van der Waals surface area (Å²) in [7, 11) is -2.33. The molecule has 32 heavy (non-hydrogen) atoms. The molecule has 5 heteroatoms. The lowest BCUT2D eigenvalue weighted by Crippen LogP contribution is -2.11. The Bertz CT molecular complexity index is 1450. The first kappa shape index (κ1) is 20.5. The average molecular weight is 457 g/mol. The third-order valence-corrected chi connectivity index (χ3v) is 8.99. The van der Waals surface area contributed by atoms with Crippen LogP contribution in [-0.2, 0) is 8.98 Å². The Kier molecular flexibility index (Phi) is 5.29. The Morgan fingerprint density at radius 1 is 0.719 bits per heavy atom. The maximum absolute atomic E-state index is 12.4. The van der Waals surface area contributed by atoms with Crippen molar-refractivity contribution < 1.29 is 13.4 Å². The zero-order valence-electron chi connectivity index (χ0n) is 17.4. The fourth-order valence-electron chi connectivity index (χ4n) is 3.91. The highest BCUT2D eigenvalue weighted by molar-refractivity contribution is 8.30. The summed E-state index contributed by atoms with van der Waals surface area (Å²) >= 11 is 5.84. The minimum absolute atomic E-state index is 0.338. The van der Waals surface area contributed by atoms with Gasteiger partial charge in [0, 0.05) is 32.4 Å². The van der Waals surface area contributed by atoms with Crippen molar-refractivity contribution in [2.45, 2.75) is 21.6 Å². The van der Waals surface area contributed by atoms with Crippen LogP contribution >= 0.6 is 22.5 Å².